The van der Waals surface area contributed by atoms with E-state index < -0.39 is 0 Å². The molecule has 2 atom stereocenters. The van der Waals surface area contributed by atoms with Gasteiger partial charge in [-0.25, -0.2) is 4.39 Å². The number of nitrogens with two attached hydrogens (primary N) is 1. The summed E-state index contributed by atoms with van der Waals surface area (Å²) < 4.78 is 19.6. The highest BCUT2D eigenvalue weighted by Crippen LogP contribution is 2.28. The van der Waals surface area contributed by atoms with Crippen molar-refractivity contribution in [3.05, 3.63) is 29.6 Å². The summed E-state index contributed by atoms with van der Waals surface area (Å²) in [6.07, 6.45) is 2.35. The molecule has 1 fully saturated rings. The molecule has 0 spiro atoms. The maximum atomic E-state index is 14.0. The molecule has 4 heteroatoms. The lowest BCUT2D eigenvalue weighted by Gasteiger charge is -2.26. The van der Waals surface area contributed by atoms with Gasteiger partial charge in [0, 0.05) is 26.2 Å². The molecule has 2 N–H and O–H groups in total. The summed E-state index contributed by atoms with van der Waals surface area (Å²) in [6, 6.07) is 4.89. The Morgan fingerprint density at radius 2 is 2.33 bits per heavy atom. The Morgan fingerprint density at radius 3 is 2.94 bits per heavy atom. The van der Waals surface area contributed by atoms with Crippen LogP contribution in [0.5, 0.6) is 0 Å². The Hall–Kier alpha value is -1.13. The molecule has 0 saturated carbocycles. The molecule has 18 heavy (non-hydrogen) atoms. The molecule has 1 saturated heterocycles. The summed E-state index contributed by atoms with van der Waals surface area (Å²) in [5.41, 5.74) is 7.35. The smallest absolute Gasteiger partial charge is 0.146 e. The van der Waals surface area contributed by atoms with Crippen molar-refractivity contribution in [3.63, 3.8) is 0 Å². The number of benzene rings is 1. The number of anilines is 1. The van der Waals surface area contributed by atoms with E-state index in [4.69, 9.17) is 10.5 Å². The number of halogens is 1. The van der Waals surface area contributed by atoms with Crippen LogP contribution in [0.25, 0.3) is 0 Å². The fourth-order valence-corrected chi connectivity index (χ4v) is 2.49. The van der Waals surface area contributed by atoms with E-state index in [0.717, 1.165) is 25.0 Å². The third-order valence-corrected chi connectivity index (χ3v) is 3.39. The summed E-state index contributed by atoms with van der Waals surface area (Å²) >= 11 is 0. The molecule has 0 aromatic heterocycles. The lowest BCUT2D eigenvalue weighted by molar-refractivity contribution is 0.116. The van der Waals surface area contributed by atoms with Crippen LogP contribution in [0, 0.1) is 5.82 Å². The van der Waals surface area contributed by atoms with E-state index in [1.165, 1.54) is 6.07 Å². The van der Waals surface area contributed by atoms with E-state index in [1.807, 2.05) is 24.9 Å². The van der Waals surface area contributed by atoms with Gasteiger partial charge in [0.05, 0.1) is 11.8 Å². The number of ether oxygens (including phenoxy) is 1. The fourth-order valence-electron chi connectivity index (χ4n) is 2.49. The highest BCUT2D eigenvalue weighted by molar-refractivity contribution is 5.55. The molecule has 1 unspecified atom stereocenters. The van der Waals surface area contributed by atoms with Crippen LogP contribution in [0.4, 0.5) is 10.1 Å². The monoisotopic (exact) mass is 252 g/mol. The van der Waals surface area contributed by atoms with Gasteiger partial charge < -0.3 is 15.4 Å². The first-order valence-corrected chi connectivity index (χ1v) is 6.46. The molecule has 0 radical (unpaired) electrons. The van der Waals surface area contributed by atoms with E-state index in [2.05, 4.69) is 0 Å². The molecule has 1 aromatic rings. The van der Waals surface area contributed by atoms with E-state index in [0.29, 0.717) is 12.2 Å². The van der Waals surface area contributed by atoms with Crippen molar-refractivity contribution < 1.29 is 9.13 Å². The summed E-state index contributed by atoms with van der Waals surface area (Å²) in [5.74, 6) is -0.217. The van der Waals surface area contributed by atoms with Crippen LogP contribution in [0.3, 0.4) is 0 Å². The van der Waals surface area contributed by atoms with Gasteiger partial charge in [0.2, 0.25) is 0 Å². The van der Waals surface area contributed by atoms with Gasteiger partial charge in [-0.1, -0.05) is 12.1 Å². The Labute approximate surface area is 108 Å². The van der Waals surface area contributed by atoms with Crippen LogP contribution in [-0.4, -0.2) is 26.3 Å². The second-order valence-corrected chi connectivity index (χ2v) is 4.98. The number of likely N-dealkylation sites (N-methyl/N-ethyl adjacent to an activating group) is 1. The number of rotatable bonds is 4. The Bertz CT molecular complexity index is 403. The minimum absolute atomic E-state index is 0.178. The number of hydrogen-bond donors (Lipinski definition) is 1. The zero-order valence-corrected chi connectivity index (χ0v) is 11.0. The van der Waals surface area contributed by atoms with Crippen molar-refractivity contribution in [1.29, 1.82) is 0 Å². The second kappa shape index (κ2) is 5.67. The van der Waals surface area contributed by atoms with Crippen LogP contribution in [0.15, 0.2) is 18.2 Å². The molecule has 0 amide bonds. The Morgan fingerprint density at radius 1 is 1.56 bits per heavy atom. The Balaban J connectivity index is 2.19. The first-order valence-electron chi connectivity index (χ1n) is 6.46. The molecule has 3 nitrogen and oxygen atoms in total. The number of hydrogen-bond acceptors (Lipinski definition) is 3. The van der Waals surface area contributed by atoms with Gasteiger partial charge in [0.25, 0.3) is 0 Å². The molecule has 1 aliphatic heterocycles. The lowest BCUT2D eigenvalue weighted by Crippen LogP contribution is -2.30. The predicted octanol–water partition coefficient (Wildman–Crippen LogP) is 2.46. The van der Waals surface area contributed by atoms with Gasteiger partial charge >= 0.3 is 0 Å². The van der Waals surface area contributed by atoms with Crippen molar-refractivity contribution in [3.8, 4) is 0 Å². The molecular weight excluding hydrogens is 231 g/mol. The molecule has 1 aromatic carbocycles. The normalized spacial score (nSPS) is 21.0. The Kier molecular flexibility index (Phi) is 4.19. The van der Waals surface area contributed by atoms with E-state index in [-0.39, 0.29) is 18.0 Å². The van der Waals surface area contributed by atoms with Gasteiger partial charge in [-0.3, -0.25) is 0 Å². The predicted molar refractivity (Wildman–Crippen MR) is 71.2 cm³/mol. The molecule has 1 heterocycles. The van der Waals surface area contributed by atoms with Gasteiger partial charge in [-0.05, 0) is 31.4 Å². The van der Waals surface area contributed by atoms with E-state index in [9.17, 15) is 4.39 Å². The van der Waals surface area contributed by atoms with Crippen LogP contribution in [-0.2, 0) is 4.74 Å². The van der Waals surface area contributed by atoms with Crippen molar-refractivity contribution in [2.75, 3.05) is 25.1 Å². The van der Waals surface area contributed by atoms with Crippen molar-refractivity contribution in [2.45, 2.75) is 31.9 Å². The van der Waals surface area contributed by atoms with Crippen LogP contribution >= 0.6 is 0 Å². The van der Waals surface area contributed by atoms with Crippen LogP contribution in [0.2, 0.25) is 0 Å². The summed E-state index contributed by atoms with van der Waals surface area (Å²) in [6.45, 7) is 3.40. The zero-order chi connectivity index (χ0) is 13.1. The third-order valence-electron chi connectivity index (χ3n) is 3.39. The summed E-state index contributed by atoms with van der Waals surface area (Å²) in [5, 5.41) is 0. The highest BCUT2D eigenvalue weighted by atomic mass is 19.1. The number of para-hydroxylation sites is 1. The van der Waals surface area contributed by atoms with E-state index >= 15 is 0 Å². The standard InChI is InChI=1S/C14H21FN2O/c1-10(16)12-6-3-7-13(15)14(12)17(2)9-11-5-4-8-18-11/h3,6-7,10-11H,4-5,8-9,16H2,1-2H3/t10-,11?/m1/s1. The quantitative estimate of drug-likeness (QED) is 0.894. The lowest BCUT2D eigenvalue weighted by atomic mass is 10.1. The van der Waals surface area contributed by atoms with Gasteiger partial charge in [0.15, 0.2) is 0 Å². The first-order chi connectivity index (χ1) is 8.59. The molecule has 1 aliphatic rings. The SMILES string of the molecule is C[C@@H](N)c1cccc(F)c1N(C)CC1CCCO1. The molecule has 0 bridgehead atoms. The maximum absolute atomic E-state index is 14.0. The van der Waals surface area contributed by atoms with Gasteiger partial charge in [0.1, 0.15) is 5.82 Å². The van der Waals surface area contributed by atoms with Crippen LogP contribution in [0.1, 0.15) is 31.4 Å². The largest absolute Gasteiger partial charge is 0.376 e. The fraction of sp³-hybridized carbons (Fsp3) is 0.571. The average Bonchev–Trinajstić information content (AvgIpc) is 2.81. The molecule has 0 aliphatic carbocycles. The topological polar surface area (TPSA) is 38.5 Å². The molecule has 2 rings (SSSR count). The van der Waals surface area contributed by atoms with E-state index in [1.54, 1.807) is 6.07 Å². The van der Waals surface area contributed by atoms with Crippen molar-refractivity contribution in [1.82, 2.24) is 0 Å². The van der Waals surface area contributed by atoms with Gasteiger partial charge in [-0.15, -0.1) is 0 Å². The zero-order valence-electron chi connectivity index (χ0n) is 11.0. The van der Waals surface area contributed by atoms with Crippen molar-refractivity contribution in [2.24, 2.45) is 5.73 Å². The number of nitrogens with zero attached hydrogens (tertiary/aromatic N) is 1. The minimum atomic E-state index is -0.217. The first kappa shape index (κ1) is 13.3. The second-order valence-electron chi connectivity index (χ2n) is 4.98. The third kappa shape index (κ3) is 2.82. The molecular formula is C14H21FN2O. The summed E-state index contributed by atoms with van der Waals surface area (Å²) in [4.78, 5) is 1.92. The average molecular weight is 252 g/mol. The summed E-state index contributed by atoms with van der Waals surface area (Å²) in [7, 11) is 1.89. The van der Waals surface area contributed by atoms with Crippen LogP contribution < -0.4 is 10.6 Å². The van der Waals surface area contributed by atoms with Crippen molar-refractivity contribution >= 4 is 5.69 Å². The molecule has 100 valence electrons. The minimum Gasteiger partial charge on any atom is -0.376 e. The highest BCUT2D eigenvalue weighted by Gasteiger charge is 2.21. The maximum Gasteiger partial charge on any atom is 0.146 e. The van der Waals surface area contributed by atoms with Gasteiger partial charge in [-0.2, -0.15) is 0 Å².